The molecule has 0 spiro atoms. The van der Waals surface area contributed by atoms with Gasteiger partial charge in [0, 0.05) is 24.6 Å². The number of ether oxygens (including phenoxy) is 2. The van der Waals surface area contributed by atoms with Crippen molar-refractivity contribution in [1.82, 2.24) is 9.21 Å². The van der Waals surface area contributed by atoms with E-state index in [4.69, 9.17) is 9.47 Å². The number of fused-ring (bicyclic) bond motifs is 1. The number of aryl methyl sites for hydroxylation is 2. The summed E-state index contributed by atoms with van der Waals surface area (Å²) in [5, 5.41) is 2.04. The monoisotopic (exact) mass is 554 g/mol. The van der Waals surface area contributed by atoms with Crippen LogP contribution in [0.15, 0.2) is 64.9 Å². The van der Waals surface area contributed by atoms with Crippen LogP contribution in [0.3, 0.4) is 0 Å². The van der Waals surface area contributed by atoms with Crippen molar-refractivity contribution in [3.05, 3.63) is 81.5 Å². The molecule has 1 amide bonds. The fourth-order valence-electron chi connectivity index (χ4n) is 5.05. The van der Waals surface area contributed by atoms with Gasteiger partial charge in [0.1, 0.15) is 12.4 Å². The Morgan fingerprint density at radius 2 is 1.79 bits per heavy atom. The highest BCUT2D eigenvalue weighted by atomic mass is 32.2. The van der Waals surface area contributed by atoms with E-state index in [1.54, 1.807) is 40.5 Å². The van der Waals surface area contributed by atoms with E-state index in [1.807, 2.05) is 43.5 Å². The molecule has 0 radical (unpaired) electrons. The number of rotatable bonds is 9. The van der Waals surface area contributed by atoms with E-state index in [-0.39, 0.29) is 36.0 Å². The highest BCUT2D eigenvalue weighted by Crippen LogP contribution is 2.34. The molecule has 0 N–H and O–H groups in total. The van der Waals surface area contributed by atoms with Gasteiger partial charge in [-0.1, -0.05) is 35.4 Å². The molecule has 2 aromatic carbocycles. The Labute approximate surface area is 229 Å². The summed E-state index contributed by atoms with van der Waals surface area (Å²) in [6.45, 7) is 5.29. The summed E-state index contributed by atoms with van der Waals surface area (Å²) < 4.78 is 40.6. The Morgan fingerprint density at radius 1 is 1.08 bits per heavy atom. The Kier molecular flexibility index (Phi) is 8.18. The van der Waals surface area contributed by atoms with Crippen molar-refractivity contribution >= 4 is 27.3 Å². The van der Waals surface area contributed by atoms with Crippen molar-refractivity contribution in [3.8, 4) is 5.75 Å². The molecule has 3 heterocycles. The van der Waals surface area contributed by atoms with Crippen LogP contribution in [0.4, 0.5) is 0 Å². The first kappa shape index (κ1) is 26.9. The topological polar surface area (TPSA) is 76.2 Å². The van der Waals surface area contributed by atoms with Gasteiger partial charge < -0.3 is 14.4 Å². The van der Waals surface area contributed by atoms with Crippen LogP contribution < -0.4 is 4.74 Å². The van der Waals surface area contributed by atoms with Gasteiger partial charge in [0.15, 0.2) is 0 Å². The van der Waals surface area contributed by atoms with Crippen molar-refractivity contribution in [2.24, 2.45) is 0 Å². The van der Waals surface area contributed by atoms with E-state index >= 15 is 0 Å². The van der Waals surface area contributed by atoms with Crippen LogP contribution in [0.2, 0.25) is 0 Å². The lowest BCUT2D eigenvalue weighted by molar-refractivity contribution is -0.135. The number of thiophene rings is 1. The molecule has 1 aromatic heterocycles. The number of carbonyl (C=O) groups excluding carboxylic acids is 1. The molecule has 2 aliphatic heterocycles. The zero-order valence-electron chi connectivity index (χ0n) is 21.8. The first-order valence-corrected chi connectivity index (χ1v) is 15.4. The van der Waals surface area contributed by atoms with Crippen LogP contribution in [0.1, 0.15) is 40.5 Å². The van der Waals surface area contributed by atoms with Crippen molar-refractivity contribution < 1.29 is 22.7 Å². The molecule has 0 unspecified atom stereocenters. The average Bonchev–Trinajstić information content (AvgIpc) is 3.60. The summed E-state index contributed by atoms with van der Waals surface area (Å²) in [5.41, 5.74) is 3.20. The number of hydrogen-bond acceptors (Lipinski definition) is 6. The maximum Gasteiger partial charge on any atom is 0.243 e. The Balaban J connectivity index is 1.38. The molecule has 1 saturated heterocycles. The van der Waals surface area contributed by atoms with E-state index in [2.05, 4.69) is 6.07 Å². The molecule has 202 valence electrons. The van der Waals surface area contributed by atoms with Gasteiger partial charge in [0.25, 0.3) is 0 Å². The zero-order chi connectivity index (χ0) is 26.7. The van der Waals surface area contributed by atoms with Gasteiger partial charge in [-0.2, -0.15) is 4.31 Å². The van der Waals surface area contributed by atoms with Crippen molar-refractivity contribution in [1.29, 1.82) is 0 Å². The summed E-state index contributed by atoms with van der Waals surface area (Å²) in [7, 11) is -3.89. The average molecular weight is 555 g/mol. The van der Waals surface area contributed by atoms with E-state index in [1.165, 1.54) is 9.18 Å². The molecule has 2 aliphatic rings. The largest absolute Gasteiger partial charge is 0.491 e. The highest BCUT2D eigenvalue weighted by Gasteiger charge is 2.36. The third kappa shape index (κ3) is 5.96. The lowest BCUT2D eigenvalue weighted by atomic mass is 10.0. The summed E-state index contributed by atoms with van der Waals surface area (Å²) in [4.78, 5) is 17.1. The van der Waals surface area contributed by atoms with Gasteiger partial charge in [0.2, 0.25) is 15.9 Å². The molecule has 7 nitrogen and oxygen atoms in total. The van der Waals surface area contributed by atoms with Crippen LogP contribution in [0.25, 0.3) is 0 Å². The van der Waals surface area contributed by atoms with Gasteiger partial charge in [-0.05, 0) is 74.4 Å². The zero-order valence-corrected chi connectivity index (χ0v) is 23.5. The standard InChI is InChI=1S/C29H34N2O5S2/c1-21-5-9-23(10-6-21)36-20-27-26-14-17-37-28(26)13-15-31(27)29(32)19-30(18-24-4-3-16-35-24)38(33,34)25-11-7-22(2)8-12-25/h5-12,14,17,24,27H,3-4,13,15-16,18-20H2,1-2H3/t24-,27+/m1/s1. The Bertz CT molecular complexity index is 1350. The normalized spacial score (nSPS) is 19.5. The maximum absolute atomic E-state index is 13.8. The third-order valence-electron chi connectivity index (χ3n) is 7.25. The van der Waals surface area contributed by atoms with Crippen LogP contribution in [-0.4, -0.2) is 62.5 Å². The second-order valence-electron chi connectivity index (χ2n) is 10.0. The van der Waals surface area contributed by atoms with Crippen LogP contribution in [0.5, 0.6) is 5.75 Å². The van der Waals surface area contributed by atoms with Crippen LogP contribution in [0, 0.1) is 13.8 Å². The first-order chi connectivity index (χ1) is 18.3. The number of nitrogens with zero attached hydrogens (tertiary/aromatic N) is 2. The molecular formula is C29H34N2O5S2. The minimum Gasteiger partial charge on any atom is -0.491 e. The second-order valence-corrected chi connectivity index (χ2v) is 13.0. The number of benzene rings is 2. The predicted octanol–water partition coefficient (Wildman–Crippen LogP) is 4.74. The lowest BCUT2D eigenvalue weighted by Crippen LogP contribution is -2.49. The molecule has 0 bridgehead atoms. The van der Waals surface area contributed by atoms with E-state index in [0.29, 0.717) is 19.8 Å². The summed E-state index contributed by atoms with van der Waals surface area (Å²) >= 11 is 1.69. The summed E-state index contributed by atoms with van der Waals surface area (Å²) in [6, 6.07) is 16.4. The van der Waals surface area contributed by atoms with Gasteiger partial charge in [0.05, 0.1) is 23.6 Å². The van der Waals surface area contributed by atoms with E-state index < -0.39 is 10.0 Å². The second kappa shape index (κ2) is 11.6. The van der Waals surface area contributed by atoms with Crippen LogP contribution >= 0.6 is 11.3 Å². The fourth-order valence-corrected chi connectivity index (χ4v) is 7.40. The minimum absolute atomic E-state index is 0.157. The van der Waals surface area contributed by atoms with Crippen LogP contribution in [-0.2, 0) is 26.0 Å². The smallest absolute Gasteiger partial charge is 0.243 e. The maximum atomic E-state index is 13.8. The summed E-state index contributed by atoms with van der Waals surface area (Å²) in [6.07, 6.45) is 2.20. The molecule has 5 rings (SSSR count). The molecule has 3 aromatic rings. The van der Waals surface area contributed by atoms with E-state index in [0.717, 1.165) is 41.7 Å². The molecule has 2 atom stereocenters. The third-order valence-corrected chi connectivity index (χ3v) is 10.1. The quantitative estimate of drug-likeness (QED) is 0.382. The van der Waals surface area contributed by atoms with E-state index in [9.17, 15) is 13.2 Å². The number of sulfonamides is 1. The van der Waals surface area contributed by atoms with Gasteiger partial charge >= 0.3 is 0 Å². The molecule has 1 fully saturated rings. The molecule has 9 heteroatoms. The van der Waals surface area contributed by atoms with Crippen molar-refractivity contribution in [2.75, 3.05) is 32.8 Å². The Hall–Kier alpha value is -2.72. The van der Waals surface area contributed by atoms with Gasteiger partial charge in [-0.15, -0.1) is 11.3 Å². The Morgan fingerprint density at radius 3 is 2.47 bits per heavy atom. The number of amides is 1. The molecule has 0 saturated carbocycles. The highest BCUT2D eigenvalue weighted by molar-refractivity contribution is 7.89. The number of hydrogen-bond donors (Lipinski definition) is 0. The molecule has 38 heavy (non-hydrogen) atoms. The minimum atomic E-state index is -3.89. The first-order valence-electron chi connectivity index (χ1n) is 13.0. The van der Waals surface area contributed by atoms with Gasteiger partial charge in [-0.25, -0.2) is 8.42 Å². The molecule has 0 aliphatic carbocycles. The SMILES string of the molecule is Cc1ccc(OC[C@H]2c3ccsc3CCN2C(=O)CN(C[C@H]2CCCO2)S(=O)(=O)c2ccc(C)cc2)cc1. The fraction of sp³-hybridized carbons (Fsp3) is 0.414. The predicted molar refractivity (Wildman–Crippen MR) is 148 cm³/mol. The summed E-state index contributed by atoms with van der Waals surface area (Å²) in [5.74, 6) is 0.514. The van der Waals surface area contributed by atoms with Gasteiger partial charge in [-0.3, -0.25) is 4.79 Å². The van der Waals surface area contributed by atoms with Crippen molar-refractivity contribution in [2.45, 2.75) is 50.2 Å². The number of carbonyl (C=O) groups is 1. The molecular weight excluding hydrogens is 520 g/mol. The van der Waals surface area contributed by atoms with Crippen molar-refractivity contribution in [3.63, 3.8) is 0 Å². The lowest BCUT2D eigenvalue weighted by Gasteiger charge is -2.37.